The highest BCUT2D eigenvalue weighted by Crippen LogP contribution is 2.29. The summed E-state index contributed by atoms with van der Waals surface area (Å²) in [5.74, 6) is 1.25. The molecular weight excluding hydrogens is 328 g/mol. The van der Waals surface area contributed by atoms with E-state index < -0.39 is 0 Å². The molecule has 1 N–H and O–H groups in total. The fraction of sp³-hybridized carbons (Fsp3) is 0.667. The van der Waals surface area contributed by atoms with E-state index in [1.165, 1.54) is 19.3 Å². The first-order chi connectivity index (χ1) is 12.5. The molecule has 26 heavy (non-hydrogen) atoms. The zero-order valence-corrected chi connectivity index (χ0v) is 16.8. The van der Waals surface area contributed by atoms with Crippen LogP contribution in [-0.2, 0) is 0 Å². The normalized spacial score (nSPS) is 15.5. The third-order valence-corrected chi connectivity index (χ3v) is 4.86. The second-order valence-corrected chi connectivity index (χ2v) is 7.49. The Kier molecular flexibility index (Phi) is 7.76. The number of nitrogens with zero attached hydrogens (tertiary/aromatic N) is 1. The lowest BCUT2D eigenvalue weighted by molar-refractivity contribution is 0.0797. The molecule has 0 unspecified atom stereocenters. The van der Waals surface area contributed by atoms with Gasteiger partial charge in [0.2, 0.25) is 0 Å². The van der Waals surface area contributed by atoms with E-state index >= 15 is 0 Å². The van der Waals surface area contributed by atoms with Gasteiger partial charge in [0, 0.05) is 17.6 Å². The Hall–Kier alpha value is -1.75. The lowest BCUT2D eigenvalue weighted by atomic mass is 9.98. The maximum atomic E-state index is 12.6. The number of nitrogens with one attached hydrogen (secondary N) is 1. The first-order valence-electron chi connectivity index (χ1n) is 9.91. The average Bonchev–Trinajstić information content (AvgIpc) is 2.66. The summed E-state index contributed by atoms with van der Waals surface area (Å²) < 4.78 is 11.4. The minimum absolute atomic E-state index is 0.0387. The summed E-state index contributed by atoms with van der Waals surface area (Å²) in [5, 5.41) is 3.09. The van der Waals surface area contributed by atoms with Crippen LogP contribution in [-0.4, -0.2) is 49.2 Å². The minimum atomic E-state index is -0.0712. The molecule has 1 heterocycles. The smallest absolute Gasteiger partial charge is 0.251 e. The molecule has 1 fully saturated rings. The largest absolute Gasteiger partial charge is 0.490 e. The highest BCUT2D eigenvalue weighted by atomic mass is 16.5. The number of ether oxygens (including phenoxy) is 2. The van der Waals surface area contributed by atoms with Crippen molar-refractivity contribution in [2.45, 2.75) is 58.9 Å². The van der Waals surface area contributed by atoms with Crippen molar-refractivity contribution < 1.29 is 14.3 Å². The predicted octanol–water partition coefficient (Wildman–Crippen LogP) is 3.87. The Morgan fingerprint density at radius 1 is 1.12 bits per heavy atom. The van der Waals surface area contributed by atoms with Crippen LogP contribution in [0.3, 0.4) is 0 Å². The van der Waals surface area contributed by atoms with Gasteiger partial charge in [-0.05, 0) is 71.3 Å². The maximum Gasteiger partial charge on any atom is 0.251 e. The van der Waals surface area contributed by atoms with Crippen LogP contribution in [0.5, 0.6) is 11.5 Å². The molecule has 0 aromatic heterocycles. The van der Waals surface area contributed by atoms with Crippen molar-refractivity contribution in [2.24, 2.45) is 0 Å². The lowest BCUT2D eigenvalue weighted by Gasteiger charge is -2.41. The Morgan fingerprint density at radius 3 is 2.50 bits per heavy atom. The van der Waals surface area contributed by atoms with Crippen molar-refractivity contribution in [2.75, 3.05) is 32.8 Å². The highest BCUT2D eigenvalue weighted by molar-refractivity contribution is 5.94. The van der Waals surface area contributed by atoms with E-state index in [-0.39, 0.29) is 11.4 Å². The van der Waals surface area contributed by atoms with Crippen LogP contribution in [0, 0.1) is 0 Å². The Morgan fingerprint density at radius 2 is 1.85 bits per heavy atom. The third kappa shape index (κ3) is 5.63. The molecule has 0 spiro atoms. The monoisotopic (exact) mass is 362 g/mol. The van der Waals surface area contributed by atoms with Gasteiger partial charge < -0.3 is 14.8 Å². The fourth-order valence-corrected chi connectivity index (χ4v) is 3.26. The Labute approximate surface area is 158 Å². The molecule has 1 aliphatic rings. The predicted molar refractivity (Wildman–Crippen MR) is 105 cm³/mol. The van der Waals surface area contributed by atoms with Crippen LogP contribution in [0.25, 0.3) is 0 Å². The van der Waals surface area contributed by atoms with Crippen LogP contribution in [0.1, 0.15) is 63.7 Å². The molecule has 0 aliphatic carbocycles. The molecule has 146 valence electrons. The molecule has 5 heteroatoms. The molecule has 5 nitrogen and oxygen atoms in total. The third-order valence-electron chi connectivity index (χ3n) is 4.86. The standard InChI is InChI=1S/C21H34N2O3/c1-5-14-26-18-11-10-17(15-19(18)25-6-2)20(24)22-16-21(3,4)23-12-8-7-9-13-23/h10-11,15H,5-9,12-14,16H2,1-4H3,(H,22,24). The van der Waals surface area contributed by atoms with Crippen molar-refractivity contribution in [3.05, 3.63) is 23.8 Å². The molecule has 1 saturated heterocycles. The number of benzene rings is 1. The summed E-state index contributed by atoms with van der Waals surface area (Å²) in [6.45, 7) is 12.4. The van der Waals surface area contributed by atoms with E-state index in [9.17, 15) is 4.79 Å². The summed E-state index contributed by atoms with van der Waals surface area (Å²) in [6.07, 6.45) is 4.73. The van der Waals surface area contributed by atoms with Crippen molar-refractivity contribution in [1.82, 2.24) is 10.2 Å². The van der Waals surface area contributed by atoms with Crippen LogP contribution in [0.2, 0.25) is 0 Å². The van der Waals surface area contributed by atoms with Gasteiger partial charge in [-0.15, -0.1) is 0 Å². The number of likely N-dealkylation sites (tertiary alicyclic amines) is 1. The highest BCUT2D eigenvalue weighted by Gasteiger charge is 2.28. The molecule has 0 atom stereocenters. The molecule has 0 saturated carbocycles. The van der Waals surface area contributed by atoms with Gasteiger partial charge in [-0.25, -0.2) is 0 Å². The number of carbonyl (C=O) groups excluding carboxylic acids is 1. The van der Waals surface area contributed by atoms with Gasteiger partial charge in [-0.1, -0.05) is 13.3 Å². The van der Waals surface area contributed by atoms with Gasteiger partial charge in [0.05, 0.1) is 13.2 Å². The first-order valence-corrected chi connectivity index (χ1v) is 9.91. The van der Waals surface area contributed by atoms with E-state index in [0.717, 1.165) is 19.5 Å². The number of rotatable bonds is 9. The Balaban J connectivity index is 2.00. The van der Waals surface area contributed by atoms with Crippen LogP contribution >= 0.6 is 0 Å². The van der Waals surface area contributed by atoms with E-state index in [4.69, 9.17) is 9.47 Å². The van der Waals surface area contributed by atoms with E-state index in [2.05, 4.69) is 31.0 Å². The number of piperidine rings is 1. The van der Waals surface area contributed by atoms with Gasteiger partial charge in [-0.3, -0.25) is 9.69 Å². The second-order valence-electron chi connectivity index (χ2n) is 7.49. The summed E-state index contributed by atoms with van der Waals surface area (Å²) >= 11 is 0. The summed E-state index contributed by atoms with van der Waals surface area (Å²) in [4.78, 5) is 15.1. The van der Waals surface area contributed by atoms with Crippen molar-refractivity contribution in [3.8, 4) is 11.5 Å². The lowest BCUT2D eigenvalue weighted by Crippen LogP contribution is -2.53. The molecule has 1 aromatic rings. The van der Waals surface area contributed by atoms with E-state index in [0.29, 0.717) is 36.8 Å². The second kappa shape index (κ2) is 9.81. The fourth-order valence-electron chi connectivity index (χ4n) is 3.26. The van der Waals surface area contributed by atoms with Crippen molar-refractivity contribution in [1.29, 1.82) is 0 Å². The average molecular weight is 363 g/mol. The van der Waals surface area contributed by atoms with Gasteiger partial charge in [0.15, 0.2) is 11.5 Å². The van der Waals surface area contributed by atoms with Crippen molar-refractivity contribution >= 4 is 5.91 Å². The topological polar surface area (TPSA) is 50.8 Å². The van der Waals surface area contributed by atoms with Crippen LogP contribution in [0.15, 0.2) is 18.2 Å². The quantitative estimate of drug-likeness (QED) is 0.724. The summed E-state index contributed by atoms with van der Waals surface area (Å²) in [7, 11) is 0. The van der Waals surface area contributed by atoms with Gasteiger partial charge in [0.1, 0.15) is 0 Å². The SMILES string of the molecule is CCCOc1ccc(C(=O)NCC(C)(C)N2CCCCC2)cc1OCC. The van der Waals surface area contributed by atoms with E-state index in [1.54, 1.807) is 12.1 Å². The molecular formula is C21H34N2O3. The van der Waals surface area contributed by atoms with E-state index in [1.807, 2.05) is 13.0 Å². The van der Waals surface area contributed by atoms with Crippen LogP contribution < -0.4 is 14.8 Å². The summed E-state index contributed by atoms with van der Waals surface area (Å²) in [5.41, 5.74) is 0.565. The van der Waals surface area contributed by atoms with Gasteiger partial charge in [-0.2, -0.15) is 0 Å². The molecule has 0 radical (unpaired) electrons. The molecule has 1 aromatic carbocycles. The molecule has 0 bridgehead atoms. The molecule has 1 aliphatic heterocycles. The van der Waals surface area contributed by atoms with Gasteiger partial charge >= 0.3 is 0 Å². The Bertz CT molecular complexity index is 581. The zero-order chi connectivity index (χ0) is 19.0. The zero-order valence-electron chi connectivity index (χ0n) is 16.8. The summed E-state index contributed by atoms with van der Waals surface area (Å²) in [6, 6.07) is 5.40. The number of amides is 1. The number of carbonyl (C=O) groups is 1. The molecule has 2 rings (SSSR count). The number of hydrogen-bond acceptors (Lipinski definition) is 4. The minimum Gasteiger partial charge on any atom is -0.490 e. The van der Waals surface area contributed by atoms with Gasteiger partial charge in [0.25, 0.3) is 5.91 Å². The molecule has 1 amide bonds. The van der Waals surface area contributed by atoms with Crippen molar-refractivity contribution in [3.63, 3.8) is 0 Å². The van der Waals surface area contributed by atoms with Crippen LogP contribution in [0.4, 0.5) is 0 Å². The maximum absolute atomic E-state index is 12.6. The first kappa shape index (κ1) is 20.6. The number of hydrogen-bond donors (Lipinski definition) is 1.